The Morgan fingerprint density at radius 3 is 2.58 bits per heavy atom. The van der Waals surface area contributed by atoms with Gasteiger partial charge in [-0.3, -0.25) is 9.59 Å². The maximum absolute atomic E-state index is 12.6. The molecule has 0 bridgehead atoms. The highest BCUT2D eigenvalue weighted by Crippen LogP contribution is 2.34. The van der Waals surface area contributed by atoms with Crippen LogP contribution >= 0.6 is 0 Å². The molecule has 0 radical (unpaired) electrons. The minimum Gasteiger partial charge on any atom is -0.369 e. The fraction of sp³-hybridized carbons (Fsp3) is 0.857. The van der Waals surface area contributed by atoms with Crippen LogP contribution in [0.2, 0.25) is 0 Å². The summed E-state index contributed by atoms with van der Waals surface area (Å²) in [5.74, 6) is 0.111. The number of hydrogen-bond donors (Lipinski definition) is 2. The summed E-state index contributed by atoms with van der Waals surface area (Å²) in [5.41, 5.74) is 11.0. The van der Waals surface area contributed by atoms with Gasteiger partial charge in [-0.05, 0) is 32.1 Å². The molecule has 5 heteroatoms. The quantitative estimate of drug-likeness (QED) is 0.762. The van der Waals surface area contributed by atoms with Crippen LogP contribution in [-0.2, 0) is 9.59 Å². The Morgan fingerprint density at radius 2 is 2.00 bits per heavy atom. The van der Waals surface area contributed by atoms with Crippen molar-refractivity contribution in [3.63, 3.8) is 0 Å². The highest BCUT2D eigenvalue weighted by atomic mass is 16.2. The Kier molecular flexibility index (Phi) is 3.85. The third kappa shape index (κ3) is 2.61. The number of nitrogens with zero attached hydrogens (tertiary/aromatic N) is 1. The number of carbonyl (C=O) groups excluding carboxylic acids is 2. The second kappa shape index (κ2) is 5.12. The molecule has 2 rings (SSSR count). The number of carbonyl (C=O) groups is 2. The molecule has 1 saturated carbocycles. The number of likely N-dealkylation sites (tertiary alicyclic amines) is 1. The Labute approximate surface area is 114 Å². The molecule has 19 heavy (non-hydrogen) atoms. The molecular weight excluding hydrogens is 242 g/mol. The number of rotatable bonds is 2. The van der Waals surface area contributed by atoms with Crippen molar-refractivity contribution >= 4 is 11.8 Å². The maximum atomic E-state index is 12.6. The van der Waals surface area contributed by atoms with E-state index in [1.165, 1.54) is 0 Å². The van der Waals surface area contributed by atoms with Gasteiger partial charge in [-0.2, -0.15) is 0 Å². The molecule has 4 atom stereocenters. The summed E-state index contributed by atoms with van der Waals surface area (Å²) in [6, 6.07) is -0.0540. The van der Waals surface area contributed by atoms with E-state index in [9.17, 15) is 9.59 Å². The van der Waals surface area contributed by atoms with Gasteiger partial charge in [-0.15, -0.1) is 0 Å². The van der Waals surface area contributed by atoms with E-state index in [4.69, 9.17) is 11.5 Å². The molecular formula is C14H25N3O2. The Hall–Kier alpha value is -1.10. The third-order valence-corrected chi connectivity index (χ3v) is 4.99. The van der Waals surface area contributed by atoms with Crippen LogP contribution in [-0.4, -0.2) is 35.8 Å². The van der Waals surface area contributed by atoms with Crippen molar-refractivity contribution in [3.05, 3.63) is 0 Å². The average molecular weight is 267 g/mol. The van der Waals surface area contributed by atoms with Gasteiger partial charge in [0.15, 0.2) is 0 Å². The average Bonchev–Trinajstić information content (AvgIpc) is 2.76. The lowest BCUT2D eigenvalue weighted by Gasteiger charge is -2.35. The van der Waals surface area contributed by atoms with Gasteiger partial charge in [0.2, 0.25) is 11.8 Å². The normalized spacial score (nSPS) is 39.3. The molecule has 5 nitrogen and oxygen atoms in total. The highest BCUT2D eigenvalue weighted by Gasteiger charge is 2.43. The van der Waals surface area contributed by atoms with Gasteiger partial charge >= 0.3 is 0 Å². The summed E-state index contributed by atoms with van der Waals surface area (Å²) in [6.45, 7) is 5.02. The molecule has 0 aromatic heterocycles. The summed E-state index contributed by atoms with van der Waals surface area (Å²) in [7, 11) is 0. The second-order valence-electron chi connectivity index (χ2n) is 6.53. The first kappa shape index (κ1) is 14.3. The van der Waals surface area contributed by atoms with Gasteiger partial charge in [-0.25, -0.2) is 0 Å². The topological polar surface area (TPSA) is 89.4 Å². The minimum absolute atomic E-state index is 0.0540. The second-order valence-corrected chi connectivity index (χ2v) is 6.53. The molecule has 0 aromatic rings. The Bertz CT molecular complexity index is 385. The molecule has 0 aromatic carbocycles. The van der Waals surface area contributed by atoms with E-state index < -0.39 is 5.41 Å². The number of primary amides is 1. The lowest BCUT2D eigenvalue weighted by atomic mass is 9.77. The molecule has 1 aliphatic carbocycles. The van der Waals surface area contributed by atoms with Crippen LogP contribution in [0.3, 0.4) is 0 Å². The Balaban J connectivity index is 2.03. The molecule has 1 heterocycles. The maximum Gasteiger partial charge on any atom is 0.227 e. The SMILES string of the molecule is CC1CCCC(C(=O)N2CCC(C)(C(N)=O)C2)C1N. The van der Waals surface area contributed by atoms with Gasteiger partial charge in [0, 0.05) is 19.1 Å². The zero-order chi connectivity index (χ0) is 14.2. The summed E-state index contributed by atoms with van der Waals surface area (Å²) < 4.78 is 0. The molecule has 1 saturated heterocycles. The predicted molar refractivity (Wildman–Crippen MR) is 73.0 cm³/mol. The van der Waals surface area contributed by atoms with E-state index >= 15 is 0 Å². The third-order valence-electron chi connectivity index (χ3n) is 4.99. The first-order chi connectivity index (χ1) is 8.85. The smallest absolute Gasteiger partial charge is 0.227 e. The van der Waals surface area contributed by atoms with E-state index in [1.807, 2.05) is 6.92 Å². The van der Waals surface area contributed by atoms with Crippen molar-refractivity contribution < 1.29 is 9.59 Å². The highest BCUT2D eigenvalue weighted by molar-refractivity contribution is 5.84. The fourth-order valence-corrected chi connectivity index (χ4v) is 3.31. The van der Waals surface area contributed by atoms with Gasteiger partial charge in [-0.1, -0.05) is 13.3 Å². The van der Waals surface area contributed by atoms with Crippen LogP contribution in [0.15, 0.2) is 0 Å². The van der Waals surface area contributed by atoms with Gasteiger partial charge < -0.3 is 16.4 Å². The zero-order valence-electron chi connectivity index (χ0n) is 11.9. The van der Waals surface area contributed by atoms with Gasteiger partial charge in [0.25, 0.3) is 0 Å². The van der Waals surface area contributed by atoms with Gasteiger partial charge in [0.05, 0.1) is 11.3 Å². The number of hydrogen-bond acceptors (Lipinski definition) is 3. The van der Waals surface area contributed by atoms with E-state index in [1.54, 1.807) is 4.90 Å². The standard InChI is InChI=1S/C14H25N3O2/c1-9-4-3-5-10(11(9)15)12(18)17-7-6-14(2,8-17)13(16)19/h9-11H,3-8,15H2,1-2H3,(H2,16,19). The van der Waals surface area contributed by atoms with Crippen LogP contribution in [0.5, 0.6) is 0 Å². The van der Waals surface area contributed by atoms with E-state index in [0.717, 1.165) is 19.3 Å². The van der Waals surface area contributed by atoms with Crippen molar-refractivity contribution in [2.75, 3.05) is 13.1 Å². The summed E-state index contributed by atoms with van der Waals surface area (Å²) in [4.78, 5) is 25.8. The molecule has 0 spiro atoms. The molecule has 4 unspecified atom stereocenters. The van der Waals surface area contributed by atoms with Gasteiger partial charge in [0.1, 0.15) is 0 Å². The molecule has 2 amide bonds. The minimum atomic E-state index is -0.569. The Morgan fingerprint density at radius 1 is 1.32 bits per heavy atom. The summed E-state index contributed by atoms with van der Waals surface area (Å²) in [5, 5.41) is 0. The van der Waals surface area contributed by atoms with Crippen molar-refractivity contribution in [1.82, 2.24) is 4.90 Å². The first-order valence-electron chi connectivity index (χ1n) is 7.19. The number of nitrogens with two attached hydrogens (primary N) is 2. The fourth-order valence-electron chi connectivity index (χ4n) is 3.31. The first-order valence-corrected chi connectivity index (χ1v) is 7.19. The van der Waals surface area contributed by atoms with Crippen LogP contribution in [0, 0.1) is 17.3 Å². The van der Waals surface area contributed by atoms with E-state index in [-0.39, 0.29) is 23.8 Å². The lowest BCUT2D eigenvalue weighted by molar-refractivity contribution is -0.137. The predicted octanol–water partition coefficient (Wildman–Crippen LogP) is 0.474. The zero-order valence-corrected chi connectivity index (χ0v) is 11.9. The molecule has 4 N–H and O–H groups in total. The molecule has 2 aliphatic rings. The monoisotopic (exact) mass is 267 g/mol. The molecule has 108 valence electrons. The van der Waals surface area contributed by atoms with Crippen molar-refractivity contribution in [3.8, 4) is 0 Å². The van der Waals surface area contributed by atoms with Crippen LogP contribution in [0.1, 0.15) is 39.5 Å². The van der Waals surface area contributed by atoms with Crippen LogP contribution in [0.4, 0.5) is 0 Å². The lowest BCUT2D eigenvalue weighted by Crippen LogP contribution is -2.49. The largest absolute Gasteiger partial charge is 0.369 e. The van der Waals surface area contributed by atoms with Crippen molar-refractivity contribution in [2.24, 2.45) is 28.7 Å². The summed E-state index contributed by atoms with van der Waals surface area (Å²) >= 11 is 0. The van der Waals surface area contributed by atoms with E-state index in [0.29, 0.717) is 25.4 Å². The molecule has 2 fully saturated rings. The van der Waals surface area contributed by atoms with Crippen LogP contribution in [0.25, 0.3) is 0 Å². The van der Waals surface area contributed by atoms with Crippen molar-refractivity contribution in [2.45, 2.75) is 45.6 Å². The number of amides is 2. The van der Waals surface area contributed by atoms with Crippen molar-refractivity contribution in [1.29, 1.82) is 0 Å². The summed E-state index contributed by atoms with van der Waals surface area (Å²) in [6.07, 6.45) is 3.69. The van der Waals surface area contributed by atoms with Crippen LogP contribution < -0.4 is 11.5 Å². The molecule has 1 aliphatic heterocycles. The van der Waals surface area contributed by atoms with E-state index in [2.05, 4.69) is 6.92 Å².